The van der Waals surface area contributed by atoms with Gasteiger partial charge in [0.15, 0.2) is 0 Å². The van der Waals surface area contributed by atoms with Crippen LogP contribution in [-0.4, -0.2) is 54.0 Å². The summed E-state index contributed by atoms with van der Waals surface area (Å²) in [5.74, 6) is -0.195. The molecule has 0 atom stereocenters. The molecule has 4 rings (SSSR count). The zero-order valence-corrected chi connectivity index (χ0v) is 18.7. The van der Waals surface area contributed by atoms with Gasteiger partial charge in [-0.3, -0.25) is 14.7 Å². The molecular weight excluding hydrogens is 439 g/mol. The summed E-state index contributed by atoms with van der Waals surface area (Å²) in [7, 11) is 1.45. The van der Waals surface area contributed by atoms with Crippen LogP contribution in [0.1, 0.15) is 34.2 Å². The number of amides is 1. The monoisotopic (exact) mass is 463 g/mol. The van der Waals surface area contributed by atoms with E-state index in [9.17, 15) is 18.0 Å². The molecule has 6 nitrogen and oxygen atoms in total. The van der Waals surface area contributed by atoms with Gasteiger partial charge in [-0.05, 0) is 24.6 Å². The molecule has 0 unspecified atom stereocenters. The van der Waals surface area contributed by atoms with Crippen LogP contribution in [0.3, 0.4) is 0 Å². The van der Waals surface area contributed by atoms with Crippen molar-refractivity contribution in [1.82, 2.24) is 20.2 Å². The fourth-order valence-electron chi connectivity index (χ4n) is 3.84. The molecule has 3 aromatic rings. The van der Waals surface area contributed by atoms with E-state index in [4.69, 9.17) is 0 Å². The van der Waals surface area contributed by atoms with Gasteiger partial charge < -0.3 is 10.2 Å². The Morgan fingerprint density at radius 3 is 2.53 bits per heavy atom. The van der Waals surface area contributed by atoms with Crippen molar-refractivity contribution in [3.8, 4) is 0 Å². The van der Waals surface area contributed by atoms with Crippen molar-refractivity contribution in [2.45, 2.75) is 26.1 Å². The zero-order chi connectivity index (χ0) is 22.9. The average Bonchev–Trinajstić information content (AvgIpc) is 3.22. The van der Waals surface area contributed by atoms with Crippen LogP contribution in [0.25, 0.3) is 10.2 Å². The maximum absolute atomic E-state index is 13.8. The molecule has 0 aliphatic carbocycles. The molecule has 1 amide bonds. The highest BCUT2D eigenvalue weighted by molar-refractivity contribution is 7.17. The first kappa shape index (κ1) is 22.5. The standard InChI is InChI=1S/C22H24F3N5OS/c1-3-14-5-4-6-15(27-14)12-29-7-9-30(10-8-29)18-11-17(22(23,24)25)20-19(28-18)16(13-32-20)21(31)26-2/h4-6,11,13H,3,7-10,12H2,1-2H3,(H,26,31). The molecule has 32 heavy (non-hydrogen) atoms. The zero-order valence-electron chi connectivity index (χ0n) is 17.9. The van der Waals surface area contributed by atoms with E-state index in [1.165, 1.54) is 12.4 Å². The highest BCUT2D eigenvalue weighted by Gasteiger charge is 2.36. The topological polar surface area (TPSA) is 61.4 Å². The number of piperazine rings is 1. The molecule has 170 valence electrons. The van der Waals surface area contributed by atoms with Crippen molar-refractivity contribution >= 4 is 33.3 Å². The summed E-state index contributed by atoms with van der Waals surface area (Å²) in [4.78, 5) is 25.4. The Morgan fingerprint density at radius 1 is 1.16 bits per heavy atom. The molecule has 0 radical (unpaired) electrons. The fraction of sp³-hybridized carbons (Fsp3) is 0.409. The minimum absolute atomic E-state index is 0.0135. The molecule has 1 aliphatic rings. The Balaban J connectivity index is 1.56. The first-order valence-electron chi connectivity index (χ1n) is 10.4. The van der Waals surface area contributed by atoms with Gasteiger partial charge in [0, 0.05) is 50.8 Å². The number of nitrogens with zero attached hydrogens (tertiary/aromatic N) is 4. The summed E-state index contributed by atoms with van der Waals surface area (Å²) in [6.07, 6.45) is -3.66. The molecule has 1 N–H and O–H groups in total. The van der Waals surface area contributed by atoms with Crippen LogP contribution >= 0.6 is 11.3 Å². The van der Waals surface area contributed by atoms with Gasteiger partial charge in [0.05, 0.1) is 27.0 Å². The first-order chi connectivity index (χ1) is 15.3. The number of pyridine rings is 2. The Kier molecular flexibility index (Phi) is 6.34. The number of carbonyl (C=O) groups excluding carboxylic acids is 1. The molecular formula is C22H24F3N5OS. The van der Waals surface area contributed by atoms with E-state index >= 15 is 0 Å². The molecule has 1 fully saturated rings. The highest BCUT2D eigenvalue weighted by Crippen LogP contribution is 2.40. The van der Waals surface area contributed by atoms with Crippen molar-refractivity contribution in [2.75, 3.05) is 38.1 Å². The van der Waals surface area contributed by atoms with E-state index in [0.29, 0.717) is 32.7 Å². The third-order valence-electron chi connectivity index (χ3n) is 5.59. The molecule has 0 bridgehead atoms. The Bertz CT molecular complexity index is 1120. The Labute approximate surface area is 188 Å². The number of aromatic nitrogens is 2. The van der Waals surface area contributed by atoms with Crippen LogP contribution in [0, 0.1) is 0 Å². The fourth-order valence-corrected chi connectivity index (χ4v) is 4.87. The van der Waals surface area contributed by atoms with Crippen LogP contribution in [0.5, 0.6) is 0 Å². The van der Waals surface area contributed by atoms with Crippen molar-refractivity contribution < 1.29 is 18.0 Å². The second kappa shape index (κ2) is 9.03. The van der Waals surface area contributed by atoms with Crippen molar-refractivity contribution in [3.05, 3.63) is 52.2 Å². The van der Waals surface area contributed by atoms with Crippen molar-refractivity contribution in [3.63, 3.8) is 0 Å². The predicted molar refractivity (Wildman–Crippen MR) is 119 cm³/mol. The first-order valence-corrected chi connectivity index (χ1v) is 11.3. The van der Waals surface area contributed by atoms with E-state index in [2.05, 4.69) is 27.1 Å². The molecule has 1 saturated heterocycles. The highest BCUT2D eigenvalue weighted by atomic mass is 32.1. The summed E-state index contributed by atoms with van der Waals surface area (Å²) in [5, 5.41) is 3.91. The van der Waals surface area contributed by atoms with Gasteiger partial charge in [-0.1, -0.05) is 13.0 Å². The van der Waals surface area contributed by atoms with Crippen LogP contribution in [0.15, 0.2) is 29.6 Å². The van der Waals surface area contributed by atoms with E-state index in [1.807, 2.05) is 23.1 Å². The summed E-state index contributed by atoms with van der Waals surface area (Å²) < 4.78 is 41.3. The van der Waals surface area contributed by atoms with Crippen LogP contribution in [0.4, 0.5) is 19.0 Å². The van der Waals surface area contributed by atoms with Gasteiger partial charge in [-0.15, -0.1) is 11.3 Å². The number of carbonyl (C=O) groups is 1. The maximum atomic E-state index is 13.8. The molecule has 10 heteroatoms. The number of thiophene rings is 1. The van der Waals surface area contributed by atoms with E-state index in [1.54, 1.807) is 0 Å². The van der Waals surface area contributed by atoms with E-state index < -0.39 is 17.6 Å². The van der Waals surface area contributed by atoms with E-state index in [0.717, 1.165) is 35.2 Å². The van der Waals surface area contributed by atoms with E-state index in [-0.39, 0.29) is 21.6 Å². The summed E-state index contributed by atoms with van der Waals surface area (Å²) >= 11 is 0.894. The van der Waals surface area contributed by atoms with Crippen LogP contribution < -0.4 is 10.2 Å². The second-order valence-corrected chi connectivity index (χ2v) is 8.55. The Morgan fingerprint density at radius 2 is 1.88 bits per heavy atom. The summed E-state index contributed by atoms with van der Waals surface area (Å²) in [5.41, 5.74) is 1.55. The lowest BCUT2D eigenvalue weighted by Gasteiger charge is -2.35. The summed E-state index contributed by atoms with van der Waals surface area (Å²) in [6.45, 7) is 5.22. The smallest absolute Gasteiger partial charge is 0.355 e. The lowest BCUT2D eigenvalue weighted by Crippen LogP contribution is -2.46. The molecule has 0 aromatic carbocycles. The minimum atomic E-state index is -4.53. The molecule has 0 spiro atoms. The van der Waals surface area contributed by atoms with Crippen molar-refractivity contribution in [2.24, 2.45) is 0 Å². The third-order valence-corrected chi connectivity index (χ3v) is 6.60. The number of nitrogens with one attached hydrogen (secondary N) is 1. The predicted octanol–water partition coefficient (Wildman–Crippen LogP) is 3.95. The van der Waals surface area contributed by atoms with Gasteiger partial charge in [0.2, 0.25) is 0 Å². The van der Waals surface area contributed by atoms with Gasteiger partial charge in [-0.25, -0.2) is 4.98 Å². The number of aryl methyl sites for hydroxylation is 1. The SMILES string of the molecule is CCc1cccc(CN2CCN(c3cc(C(F)(F)F)c4scc(C(=O)NC)c4n3)CC2)n1. The lowest BCUT2D eigenvalue weighted by molar-refractivity contribution is -0.136. The number of alkyl halides is 3. The summed E-state index contributed by atoms with van der Waals surface area (Å²) in [6, 6.07) is 7.10. The van der Waals surface area contributed by atoms with Gasteiger partial charge in [-0.2, -0.15) is 13.2 Å². The lowest BCUT2D eigenvalue weighted by atomic mass is 10.1. The van der Waals surface area contributed by atoms with Gasteiger partial charge >= 0.3 is 6.18 Å². The number of rotatable bonds is 5. The van der Waals surface area contributed by atoms with Crippen LogP contribution in [0.2, 0.25) is 0 Å². The van der Waals surface area contributed by atoms with Crippen molar-refractivity contribution in [1.29, 1.82) is 0 Å². The second-order valence-electron chi connectivity index (χ2n) is 7.67. The minimum Gasteiger partial charge on any atom is -0.355 e. The largest absolute Gasteiger partial charge is 0.417 e. The number of hydrogen-bond donors (Lipinski definition) is 1. The molecule has 4 heterocycles. The third kappa shape index (κ3) is 4.56. The average molecular weight is 464 g/mol. The number of hydrogen-bond acceptors (Lipinski definition) is 6. The number of fused-ring (bicyclic) bond motifs is 1. The Hall–Kier alpha value is -2.72. The van der Waals surface area contributed by atoms with Gasteiger partial charge in [0.1, 0.15) is 5.82 Å². The number of halogens is 3. The van der Waals surface area contributed by atoms with Crippen LogP contribution in [-0.2, 0) is 19.1 Å². The van der Waals surface area contributed by atoms with Gasteiger partial charge in [0.25, 0.3) is 5.91 Å². The number of anilines is 1. The quantitative estimate of drug-likeness (QED) is 0.621. The molecule has 3 aromatic heterocycles. The molecule has 0 saturated carbocycles. The normalized spacial score (nSPS) is 15.3. The maximum Gasteiger partial charge on any atom is 0.417 e. The molecule has 1 aliphatic heterocycles.